The molecule has 0 radical (unpaired) electrons. The van der Waals surface area contributed by atoms with Gasteiger partial charge >= 0.3 is 0 Å². The van der Waals surface area contributed by atoms with E-state index in [2.05, 4.69) is 15.2 Å². The molecule has 0 amide bonds. The molecular formula is C15H12Cl2N4OS. The summed E-state index contributed by atoms with van der Waals surface area (Å²) in [5.41, 5.74) is 2.58. The van der Waals surface area contributed by atoms with Gasteiger partial charge < -0.3 is 9.30 Å². The Morgan fingerprint density at radius 3 is 2.39 bits per heavy atom. The Hall–Kier alpha value is -1.89. The van der Waals surface area contributed by atoms with Gasteiger partial charge in [-0.2, -0.15) is 5.10 Å². The summed E-state index contributed by atoms with van der Waals surface area (Å²) in [4.78, 5) is 3.98. The fraction of sp³-hybridized carbons (Fsp3) is 0.133. The Kier molecular flexibility index (Phi) is 4.39. The zero-order valence-electron chi connectivity index (χ0n) is 12.3. The molecule has 0 aliphatic heterocycles. The molecule has 2 aromatic heterocycles. The van der Waals surface area contributed by atoms with Gasteiger partial charge in [0.15, 0.2) is 10.6 Å². The maximum absolute atomic E-state index is 6.03. The number of hydrogen-bond donors (Lipinski definition) is 1. The summed E-state index contributed by atoms with van der Waals surface area (Å²) in [7, 11) is 3.46. The van der Waals surface area contributed by atoms with E-state index in [1.807, 2.05) is 25.2 Å². The minimum Gasteiger partial charge on any atom is -0.497 e. The number of pyridine rings is 1. The lowest BCUT2D eigenvalue weighted by Crippen LogP contribution is -1.96. The van der Waals surface area contributed by atoms with Gasteiger partial charge in [0.2, 0.25) is 0 Å². The molecule has 0 spiro atoms. The van der Waals surface area contributed by atoms with Crippen molar-refractivity contribution in [1.82, 2.24) is 19.7 Å². The summed E-state index contributed by atoms with van der Waals surface area (Å²) in [6.07, 6.45) is 0. The van der Waals surface area contributed by atoms with E-state index in [1.165, 1.54) is 0 Å². The van der Waals surface area contributed by atoms with E-state index in [9.17, 15) is 0 Å². The van der Waals surface area contributed by atoms with Gasteiger partial charge in [0.1, 0.15) is 16.1 Å². The molecule has 1 aromatic carbocycles. The lowest BCUT2D eigenvalue weighted by Gasteiger charge is -2.12. The number of methoxy groups -OCH3 is 1. The molecule has 0 aliphatic rings. The van der Waals surface area contributed by atoms with Crippen LogP contribution in [-0.4, -0.2) is 26.9 Å². The van der Waals surface area contributed by atoms with Crippen LogP contribution in [0.1, 0.15) is 0 Å². The Morgan fingerprint density at radius 2 is 1.83 bits per heavy atom. The summed E-state index contributed by atoms with van der Waals surface area (Å²) in [5, 5.41) is 7.73. The van der Waals surface area contributed by atoms with E-state index >= 15 is 0 Å². The van der Waals surface area contributed by atoms with Crippen LogP contribution in [-0.2, 0) is 7.05 Å². The Labute approximate surface area is 147 Å². The highest BCUT2D eigenvalue weighted by molar-refractivity contribution is 7.71. The van der Waals surface area contributed by atoms with Gasteiger partial charge in [-0.15, -0.1) is 0 Å². The van der Waals surface area contributed by atoms with Gasteiger partial charge in [0.05, 0.1) is 7.11 Å². The van der Waals surface area contributed by atoms with Crippen molar-refractivity contribution in [2.24, 2.45) is 7.05 Å². The molecule has 0 fully saturated rings. The average molecular weight is 367 g/mol. The van der Waals surface area contributed by atoms with Crippen LogP contribution in [0.25, 0.3) is 22.5 Å². The van der Waals surface area contributed by atoms with E-state index in [-0.39, 0.29) is 0 Å². The Bertz CT molecular complexity index is 915. The molecule has 1 N–H and O–H groups in total. The largest absolute Gasteiger partial charge is 0.497 e. The first-order chi connectivity index (χ1) is 11.0. The maximum Gasteiger partial charge on any atom is 0.195 e. The normalized spacial score (nSPS) is 10.8. The number of nitrogens with zero attached hydrogens (tertiary/aromatic N) is 3. The highest BCUT2D eigenvalue weighted by atomic mass is 35.5. The molecule has 3 rings (SSSR count). The van der Waals surface area contributed by atoms with E-state index in [0.29, 0.717) is 26.7 Å². The second kappa shape index (κ2) is 6.31. The molecule has 2 heterocycles. The first kappa shape index (κ1) is 16.0. The van der Waals surface area contributed by atoms with Gasteiger partial charge in [0, 0.05) is 12.6 Å². The van der Waals surface area contributed by atoms with Gasteiger partial charge in [-0.1, -0.05) is 23.2 Å². The van der Waals surface area contributed by atoms with Gasteiger partial charge in [0.25, 0.3) is 0 Å². The number of halogens is 2. The Morgan fingerprint density at radius 1 is 1.13 bits per heavy atom. The summed E-state index contributed by atoms with van der Waals surface area (Å²) in [5.74, 6) is 1.40. The highest BCUT2D eigenvalue weighted by Crippen LogP contribution is 2.35. The number of aromatic amines is 1. The maximum atomic E-state index is 6.03. The van der Waals surface area contributed by atoms with Crippen molar-refractivity contribution in [2.75, 3.05) is 7.11 Å². The third-order valence-electron chi connectivity index (χ3n) is 3.42. The van der Waals surface area contributed by atoms with E-state index in [1.54, 1.807) is 23.8 Å². The van der Waals surface area contributed by atoms with Crippen LogP contribution in [0.15, 0.2) is 30.3 Å². The Balaban J connectivity index is 2.29. The number of aromatic nitrogens is 4. The lowest BCUT2D eigenvalue weighted by atomic mass is 9.99. The SMILES string of the molecule is COc1ccc(-c2cc(Cl)nc(Cl)c2)c(-c2n[nH]c(=S)n2C)c1. The minimum absolute atomic E-state index is 0.324. The number of nitrogens with one attached hydrogen (secondary N) is 1. The molecule has 8 heteroatoms. The van der Waals surface area contributed by atoms with Gasteiger partial charge in [-0.25, -0.2) is 4.98 Å². The van der Waals surface area contributed by atoms with Crippen molar-refractivity contribution < 1.29 is 4.74 Å². The first-order valence-electron chi connectivity index (χ1n) is 6.63. The van der Waals surface area contributed by atoms with Gasteiger partial charge in [-0.05, 0) is 53.7 Å². The van der Waals surface area contributed by atoms with Crippen LogP contribution in [0.5, 0.6) is 5.75 Å². The number of hydrogen-bond acceptors (Lipinski definition) is 4. The number of rotatable bonds is 3. The molecule has 3 aromatic rings. The number of H-pyrrole nitrogens is 1. The zero-order valence-corrected chi connectivity index (χ0v) is 14.6. The smallest absolute Gasteiger partial charge is 0.195 e. The van der Waals surface area contributed by atoms with Crippen molar-refractivity contribution in [2.45, 2.75) is 0 Å². The predicted molar refractivity (Wildman–Crippen MR) is 93.6 cm³/mol. The minimum atomic E-state index is 0.324. The number of benzene rings is 1. The summed E-state index contributed by atoms with van der Waals surface area (Å²) < 4.78 is 7.64. The highest BCUT2D eigenvalue weighted by Gasteiger charge is 2.15. The molecule has 0 unspecified atom stereocenters. The third-order valence-corrected chi connectivity index (χ3v) is 4.17. The quantitative estimate of drug-likeness (QED) is 0.546. The third kappa shape index (κ3) is 3.10. The molecule has 0 saturated heterocycles. The molecule has 118 valence electrons. The standard InChI is InChI=1S/C15H12Cl2N4OS/c1-21-14(19-20-15(21)23)11-7-9(22-2)3-4-10(11)8-5-12(16)18-13(17)6-8/h3-7H,1-2H3,(H,20,23). The van der Waals surface area contributed by atoms with Gasteiger partial charge in [-0.3, -0.25) is 5.10 Å². The summed E-state index contributed by atoms with van der Waals surface area (Å²) in [6.45, 7) is 0. The second-order valence-electron chi connectivity index (χ2n) is 4.82. The van der Waals surface area contributed by atoms with Crippen LogP contribution in [0.4, 0.5) is 0 Å². The van der Waals surface area contributed by atoms with E-state index in [4.69, 9.17) is 40.2 Å². The van der Waals surface area contributed by atoms with Crippen molar-refractivity contribution in [3.05, 3.63) is 45.4 Å². The molecule has 0 aliphatic carbocycles. The molecule has 0 saturated carbocycles. The summed E-state index contributed by atoms with van der Waals surface area (Å²) in [6, 6.07) is 9.18. The van der Waals surface area contributed by atoms with Crippen LogP contribution in [0.3, 0.4) is 0 Å². The zero-order chi connectivity index (χ0) is 16.6. The van der Waals surface area contributed by atoms with Crippen LogP contribution >= 0.6 is 35.4 Å². The molecular weight excluding hydrogens is 355 g/mol. The van der Waals surface area contributed by atoms with Crippen molar-refractivity contribution in [3.63, 3.8) is 0 Å². The fourth-order valence-electron chi connectivity index (χ4n) is 2.30. The monoisotopic (exact) mass is 366 g/mol. The predicted octanol–water partition coefficient (Wildman–Crippen LogP) is 4.52. The van der Waals surface area contributed by atoms with Crippen molar-refractivity contribution in [1.29, 1.82) is 0 Å². The fourth-order valence-corrected chi connectivity index (χ4v) is 2.89. The lowest BCUT2D eigenvalue weighted by molar-refractivity contribution is 0.415. The molecule has 0 bridgehead atoms. The van der Waals surface area contributed by atoms with Crippen LogP contribution in [0.2, 0.25) is 10.3 Å². The first-order valence-corrected chi connectivity index (χ1v) is 7.79. The van der Waals surface area contributed by atoms with Crippen molar-refractivity contribution in [3.8, 4) is 28.3 Å². The van der Waals surface area contributed by atoms with Crippen LogP contribution < -0.4 is 4.74 Å². The average Bonchev–Trinajstić information content (AvgIpc) is 2.85. The van der Waals surface area contributed by atoms with Crippen LogP contribution in [0, 0.1) is 4.77 Å². The van der Waals surface area contributed by atoms with Crippen molar-refractivity contribution >= 4 is 35.4 Å². The number of ether oxygens (including phenoxy) is 1. The second-order valence-corrected chi connectivity index (χ2v) is 5.99. The van der Waals surface area contributed by atoms with E-state index in [0.717, 1.165) is 16.7 Å². The molecule has 0 atom stereocenters. The summed E-state index contributed by atoms with van der Waals surface area (Å²) >= 11 is 17.3. The molecule has 23 heavy (non-hydrogen) atoms. The van der Waals surface area contributed by atoms with E-state index < -0.39 is 0 Å². The molecule has 5 nitrogen and oxygen atoms in total. The topological polar surface area (TPSA) is 55.7 Å².